The molecule has 0 spiro atoms. The van der Waals surface area contributed by atoms with Crippen molar-refractivity contribution in [1.29, 1.82) is 5.26 Å². The lowest BCUT2D eigenvalue weighted by atomic mass is 9.78. The molecule has 1 aliphatic heterocycles. The van der Waals surface area contributed by atoms with Crippen LogP contribution in [0.5, 0.6) is 0 Å². The molecule has 1 amide bonds. The third-order valence-corrected chi connectivity index (χ3v) is 5.38. The van der Waals surface area contributed by atoms with Crippen molar-refractivity contribution in [3.8, 4) is 6.07 Å². The number of hydrogen-bond donors (Lipinski definition) is 2. The van der Waals surface area contributed by atoms with E-state index in [1.165, 1.54) is 27.6 Å². The maximum atomic E-state index is 11.4. The van der Waals surface area contributed by atoms with Gasteiger partial charge in [0.25, 0.3) is 0 Å². The van der Waals surface area contributed by atoms with E-state index in [1.807, 2.05) is 6.07 Å². The van der Waals surface area contributed by atoms with E-state index >= 15 is 0 Å². The summed E-state index contributed by atoms with van der Waals surface area (Å²) in [7, 11) is 2.12. The maximum absolute atomic E-state index is 11.4. The van der Waals surface area contributed by atoms with Crippen molar-refractivity contribution in [3.63, 3.8) is 0 Å². The van der Waals surface area contributed by atoms with Gasteiger partial charge in [-0.3, -0.25) is 9.69 Å². The molecule has 1 aromatic heterocycles. The highest BCUT2D eigenvalue weighted by atomic mass is 16.1. The van der Waals surface area contributed by atoms with E-state index in [2.05, 4.69) is 47.4 Å². The summed E-state index contributed by atoms with van der Waals surface area (Å²) >= 11 is 0. The first-order valence-corrected chi connectivity index (χ1v) is 8.28. The molecule has 3 N–H and O–H groups in total. The van der Waals surface area contributed by atoms with E-state index in [0.29, 0.717) is 12.5 Å². The van der Waals surface area contributed by atoms with Crippen LogP contribution in [-0.4, -0.2) is 35.4 Å². The molecule has 5 heteroatoms. The molecule has 122 valence electrons. The Bertz CT molecular complexity index is 888. The van der Waals surface area contributed by atoms with Crippen LogP contribution in [0.15, 0.2) is 30.5 Å². The third-order valence-electron chi connectivity index (χ3n) is 5.38. The largest absolute Gasteiger partial charge is 0.369 e. The number of nitrogens with two attached hydrogens (primary N) is 1. The van der Waals surface area contributed by atoms with E-state index in [1.54, 1.807) is 0 Å². The molecule has 4 rings (SSSR count). The van der Waals surface area contributed by atoms with Crippen molar-refractivity contribution in [1.82, 2.24) is 9.88 Å². The number of carbonyl (C=O) groups excluding carboxylic acids is 1. The Hall–Kier alpha value is -2.58. The summed E-state index contributed by atoms with van der Waals surface area (Å²) in [5, 5.41) is 10.5. The minimum Gasteiger partial charge on any atom is -0.369 e. The van der Waals surface area contributed by atoms with Gasteiger partial charge in [0.15, 0.2) is 0 Å². The number of aromatic amines is 1. The lowest BCUT2D eigenvalue weighted by Gasteiger charge is -2.40. The summed E-state index contributed by atoms with van der Waals surface area (Å²) in [6.07, 6.45) is 5.86. The molecule has 0 bridgehead atoms. The summed E-state index contributed by atoms with van der Waals surface area (Å²) < 4.78 is 0. The second-order valence-corrected chi connectivity index (χ2v) is 6.90. The number of rotatable bonds is 3. The van der Waals surface area contributed by atoms with Crippen LogP contribution in [0.25, 0.3) is 16.5 Å². The monoisotopic (exact) mass is 320 g/mol. The highest BCUT2D eigenvalue weighted by Gasteiger charge is 2.34. The van der Waals surface area contributed by atoms with E-state index < -0.39 is 11.8 Å². The van der Waals surface area contributed by atoms with Crippen molar-refractivity contribution in [2.75, 3.05) is 13.6 Å². The number of amides is 1. The highest BCUT2D eigenvalue weighted by molar-refractivity contribution is 5.98. The summed E-state index contributed by atoms with van der Waals surface area (Å²) in [6, 6.07) is 8.74. The molecule has 1 aliphatic carbocycles. The zero-order valence-corrected chi connectivity index (χ0v) is 13.6. The Morgan fingerprint density at radius 3 is 3.12 bits per heavy atom. The number of nitrogens with one attached hydrogen (secondary N) is 1. The number of hydrogen-bond acceptors (Lipinski definition) is 3. The van der Waals surface area contributed by atoms with Crippen molar-refractivity contribution >= 4 is 22.4 Å². The zero-order valence-electron chi connectivity index (χ0n) is 13.6. The summed E-state index contributed by atoms with van der Waals surface area (Å²) in [4.78, 5) is 17.1. The van der Waals surface area contributed by atoms with Gasteiger partial charge in [0.2, 0.25) is 5.91 Å². The fourth-order valence-corrected chi connectivity index (χ4v) is 4.23. The Morgan fingerprint density at radius 2 is 2.38 bits per heavy atom. The SMILES string of the molecule is CN1C[C@H](CC(C#N)C(N)=O)C=C2c3cccc4[nH]cc(c34)C[C@H]21. The molecule has 0 saturated heterocycles. The molecule has 1 unspecified atom stereocenters. The number of likely N-dealkylation sites (N-methyl/N-ethyl adjacent to an activating group) is 1. The Kier molecular flexibility index (Phi) is 3.43. The Morgan fingerprint density at radius 1 is 1.54 bits per heavy atom. The molecule has 5 nitrogen and oxygen atoms in total. The molecule has 24 heavy (non-hydrogen) atoms. The van der Waals surface area contributed by atoms with Crippen LogP contribution in [0.3, 0.4) is 0 Å². The number of aromatic nitrogens is 1. The molecule has 0 fully saturated rings. The minimum atomic E-state index is -0.723. The number of nitrogens with zero attached hydrogens (tertiary/aromatic N) is 2. The maximum Gasteiger partial charge on any atom is 0.234 e. The summed E-state index contributed by atoms with van der Waals surface area (Å²) in [6.45, 7) is 0.843. The van der Waals surface area contributed by atoms with Crippen LogP contribution in [0.4, 0.5) is 0 Å². The molecule has 2 aromatic rings. The molecule has 0 saturated carbocycles. The topological polar surface area (TPSA) is 85.9 Å². The van der Waals surface area contributed by atoms with E-state index in [9.17, 15) is 4.79 Å². The average Bonchev–Trinajstić information content (AvgIpc) is 2.98. The van der Waals surface area contributed by atoms with Crippen molar-refractivity contribution in [3.05, 3.63) is 41.6 Å². The number of nitriles is 1. The van der Waals surface area contributed by atoms with Gasteiger partial charge in [-0.1, -0.05) is 18.2 Å². The minimum absolute atomic E-state index is 0.161. The van der Waals surface area contributed by atoms with Crippen molar-refractivity contribution < 1.29 is 4.79 Å². The van der Waals surface area contributed by atoms with Crippen LogP contribution in [0, 0.1) is 23.2 Å². The fourth-order valence-electron chi connectivity index (χ4n) is 4.23. The zero-order chi connectivity index (χ0) is 16.8. The third kappa shape index (κ3) is 2.22. The van der Waals surface area contributed by atoms with Crippen molar-refractivity contribution in [2.24, 2.45) is 17.6 Å². The molecule has 1 aromatic carbocycles. The number of H-pyrrole nitrogens is 1. The van der Waals surface area contributed by atoms with Gasteiger partial charge >= 0.3 is 0 Å². The van der Waals surface area contributed by atoms with Crippen LogP contribution in [0.1, 0.15) is 17.5 Å². The van der Waals surface area contributed by atoms with E-state index in [-0.39, 0.29) is 5.92 Å². The molecule has 0 radical (unpaired) electrons. The first-order valence-electron chi connectivity index (χ1n) is 8.28. The van der Waals surface area contributed by atoms with Crippen LogP contribution >= 0.6 is 0 Å². The lowest BCUT2D eigenvalue weighted by molar-refractivity contribution is -0.120. The second-order valence-electron chi connectivity index (χ2n) is 6.90. The fraction of sp³-hybridized carbons (Fsp3) is 0.368. The summed E-state index contributed by atoms with van der Waals surface area (Å²) in [5.41, 5.74) is 10.4. The van der Waals surface area contributed by atoms with Gasteiger partial charge in [0.05, 0.1) is 6.07 Å². The first-order chi connectivity index (χ1) is 11.6. The smallest absolute Gasteiger partial charge is 0.234 e. The molecule has 2 heterocycles. The highest BCUT2D eigenvalue weighted by Crippen LogP contribution is 2.41. The number of carbonyl (C=O) groups is 1. The molecule has 3 atom stereocenters. The van der Waals surface area contributed by atoms with Gasteiger partial charge in [0, 0.05) is 29.7 Å². The number of benzene rings is 1. The quantitative estimate of drug-likeness (QED) is 0.907. The lowest BCUT2D eigenvalue weighted by Crippen LogP contribution is -2.43. The average molecular weight is 320 g/mol. The molecular formula is C19H20N4O. The number of fused-ring (bicyclic) bond motifs is 2. The van der Waals surface area contributed by atoms with E-state index in [0.717, 1.165) is 13.0 Å². The normalized spacial score (nSPS) is 24.1. The molecule has 2 aliphatic rings. The standard InChI is InChI=1S/C19H20N4O/c1-23-10-11(5-12(8-20)19(21)24)6-15-14-3-2-4-16-18(14)13(9-22-16)7-17(15)23/h2-4,6,9,11-12,17,22H,5,7,10H2,1H3,(H2,21,24)/t11-,12?,17-/m1/s1. The predicted octanol–water partition coefficient (Wildman–Crippen LogP) is 2.05. The van der Waals surface area contributed by atoms with Gasteiger partial charge in [-0.25, -0.2) is 0 Å². The molecular weight excluding hydrogens is 300 g/mol. The second kappa shape index (κ2) is 5.50. The van der Waals surface area contributed by atoms with Gasteiger partial charge in [-0.2, -0.15) is 5.26 Å². The van der Waals surface area contributed by atoms with E-state index in [4.69, 9.17) is 11.0 Å². The van der Waals surface area contributed by atoms with Crippen molar-refractivity contribution in [2.45, 2.75) is 18.9 Å². The van der Waals surface area contributed by atoms with Gasteiger partial charge in [-0.15, -0.1) is 0 Å². The Balaban J connectivity index is 1.76. The van der Waals surface area contributed by atoms with Gasteiger partial charge in [0.1, 0.15) is 5.92 Å². The van der Waals surface area contributed by atoms with Gasteiger partial charge < -0.3 is 10.7 Å². The summed E-state index contributed by atoms with van der Waals surface area (Å²) in [5.74, 6) is -1.09. The van der Waals surface area contributed by atoms with Crippen LogP contribution < -0.4 is 5.73 Å². The van der Waals surface area contributed by atoms with Crippen LogP contribution in [0.2, 0.25) is 0 Å². The van der Waals surface area contributed by atoms with Crippen LogP contribution in [-0.2, 0) is 11.2 Å². The van der Waals surface area contributed by atoms with Gasteiger partial charge in [-0.05, 0) is 48.6 Å². The number of primary amides is 1. The predicted molar refractivity (Wildman–Crippen MR) is 92.8 cm³/mol. The first kappa shape index (κ1) is 15.0. The Labute approximate surface area is 140 Å².